The molecule has 0 aliphatic heterocycles. The summed E-state index contributed by atoms with van der Waals surface area (Å²) in [5.74, 6) is 5.29. The number of ether oxygens (including phenoxy) is 1. The van der Waals surface area contributed by atoms with Crippen molar-refractivity contribution in [2.75, 3.05) is 25.7 Å². The lowest BCUT2D eigenvalue weighted by Gasteiger charge is -2.28. The summed E-state index contributed by atoms with van der Waals surface area (Å²) in [6.45, 7) is 6.32. The molecule has 0 aliphatic rings. The minimum Gasteiger partial charge on any atom is -0.383 e. The second kappa shape index (κ2) is 8.56. The first-order valence-electron chi connectivity index (χ1n) is 7.00. The molecule has 0 saturated carbocycles. The largest absolute Gasteiger partial charge is 0.383 e. The predicted octanol–water partition coefficient (Wildman–Crippen LogP) is 2.13. The second-order valence-corrected chi connectivity index (χ2v) is 4.97. The van der Waals surface area contributed by atoms with Gasteiger partial charge in [-0.15, -0.1) is 0 Å². The fraction of sp³-hybridized carbons (Fsp3) is 0.571. The highest BCUT2D eigenvalue weighted by Gasteiger charge is 2.17. The second-order valence-electron chi connectivity index (χ2n) is 4.97. The number of anilines is 1. The van der Waals surface area contributed by atoms with Crippen LogP contribution in [0.15, 0.2) is 18.2 Å². The van der Waals surface area contributed by atoms with Crippen LogP contribution in [0.2, 0.25) is 0 Å². The Morgan fingerprint density at radius 3 is 2.76 bits per heavy atom. The lowest BCUT2D eigenvalue weighted by molar-refractivity contribution is -0.384. The predicted molar refractivity (Wildman–Crippen MR) is 82.9 cm³/mol. The number of methoxy groups -OCH3 is 1. The Morgan fingerprint density at radius 2 is 2.24 bits per heavy atom. The molecule has 0 amide bonds. The Kier molecular flexibility index (Phi) is 7.07. The highest BCUT2D eigenvalue weighted by atomic mass is 16.6. The average Bonchev–Trinajstić information content (AvgIpc) is 2.50. The first-order valence-corrected chi connectivity index (χ1v) is 7.00. The van der Waals surface area contributed by atoms with Crippen LogP contribution in [0, 0.1) is 10.1 Å². The number of hydrazine groups is 1. The lowest BCUT2D eigenvalue weighted by Crippen LogP contribution is -2.34. The van der Waals surface area contributed by atoms with Gasteiger partial charge in [-0.2, -0.15) is 0 Å². The zero-order valence-corrected chi connectivity index (χ0v) is 12.8. The molecule has 1 aromatic carbocycles. The highest BCUT2D eigenvalue weighted by molar-refractivity contribution is 5.61. The molecular formula is C14H24N4O3. The Morgan fingerprint density at radius 1 is 1.52 bits per heavy atom. The van der Waals surface area contributed by atoms with Gasteiger partial charge >= 0.3 is 0 Å². The first-order chi connectivity index (χ1) is 10.0. The van der Waals surface area contributed by atoms with Gasteiger partial charge in [0.2, 0.25) is 0 Å². The van der Waals surface area contributed by atoms with E-state index >= 15 is 0 Å². The van der Waals surface area contributed by atoms with Gasteiger partial charge in [0.25, 0.3) is 5.69 Å². The third-order valence-electron chi connectivity index (χ3n) is 3.60. The number of nitrogens with zero attached hydrogens (tertiary/aromatic N) is 2. The van der Waals surface area contributed by atoms with Gasteiger partial charge in [0.05, 0.1) is 11.5 Å². The molecule has 0 saturated heterocycles. The van der Waals surface area contributed by atoms with E-state index in [9.17, 15) is 10.1 Å². The van der Waals surface area contributed by atoms with Crippen LogP contribution >= 0.6 is 0 Å². The molecule has 0 bridgehead atoms. The maximum atomic E-state index is 11.1. The number of nitro groups is 1. The van der Waals surface area contributed by atoms with E-state index in [2.05, 4.69) is 24.2 Å². The molecule has 1 rings (SSSR count). The summed E-state index contributed by atoms with van der Waals surface area (Å²) in [7, 11) is 1.67. The summed E-state index contributed by atoms with van der Waals surface area (Å²) in [5.41, 5.74) is 3.54. The summed E-state index contributed by atoms with van der Waals surface area (Å²) in [5, 5.41) is 11.1. The number of nitrogens with one attached hydrogen (secondary N) is 1. The summed E-state index contributed by atoms with van der Waals surface area (Å²) < 4.78 is 5.13. The third-order valence-corrected chi connectivity index (χ3v) is 3.60. The summed E-state index contributed by atoms with van der Waals surface area (Å²) >= 11 is 0. The number of hydrogen-bond acceptors (Lipinski definition) is 6. The average molecular weight is 296 g/mol. The lowest BCUT2D eigenvalue weighted by atomic mass is 10.1. The van der Waals surface area contributed by atoms with Crippen LogP contribution in [0.1, 0.15) is 25.8 Å². The van der Waals surface area contributed by atoms with Crippen molar-refractivity contribution < 1.29 is 9.66 Å². The fourth-order valence-electron chi connectivity index (χ4n) is 2.11. The fourth-order valence-corrected chi connectivity index (χ4v) is 2.11. The van der Waals surface area contributed by atoms with Crippen molar-refractivity contribution in [2.45, 2.75) is 32.9 Å². The topological polar surface area (TPSA) is 93.7 Å². The number of hydrogen-bond donors (Lipinski definition) is 2. The van der Waals surface area contributed by atoms with Crippen molar-refractivity contribution >= 4 is 11.4 Å². The van der Waals surface area contributed by atoms with Gasteiger partial charge in [-0.05, 0) is 25.0 Å². The van der Waals surface area contributed by atoms with E-state index in [0.717, 1.165) is 18.5 Å². The molecule has 1 atom stereocenters. The van der Waals surface area contributed by atoms with Crippen molar-refractivity contribution in [3.8, 4) is 0 Å². The number of benzene rings is 1. The van der Waals surface area contributed by atoms with E-state index in [4.69, 9.17) is 10.6 Å². The molecule has 7 nitrogen and oxygen atoms in total. The van der Waals surface area contributed by atoms with Crippen LogP contribution in [0.25, 0.3) is 0 Å². The van der Waals surface area contributed by atoms with Crippen molar-refractivity contribution in [3.63, 3.8) is 0 Å². The number of nitro benzene ring substituents is 1. The molecule has 0 aliphatic carbocycles. The maximum Gasteiger partial charge on any atom is 0.293 e. The monoisotopic (exact) mass is 296 g/mol. The zero-order valence-electron chi connectivity index (χ0n) is 12.8. The van der Waals surface area contributed by atoms with Crippen molar-refractivity contribution in [1.82, 2.24) is 4.90 Å². The van der Waals surface area contributed by atoms with Gasteiger partial charge < -0.3 is 10.2 Å². The molecule has 0 heterocycles. The van der Waals surface area contributed by atoms with E-state index in [-0.39, 0.29) is 5.69 Å². The standard InChI is InChI=1S/C14H24N4O3/c1-4-11(2)17(7-8-21-3)10-12-5-6-13(16-15)14(9-12)18(19)20/h5-6,9,11,16H,4,7-8,10,15H2,1-3H3. The van der Waals surface area contributed by atoms with E-state index in [1.807, 2.05) is 6.07 Å². The quantitative estimate of drug-likeness (QED) is 0.412. The molecule has 0 spiro atoms. The Bertz CT molecular complexity index is 468. The SMILES string of the molecule is CCC(C)N(CCOC)Cc1ccc(NN)c([N+](=O)[O-])c1. The molecule has 21 heavy (non-hydrogen) atoms. The van der Waals surface area contributed by atoms with Gasteiger partial charge in [0, 0.05) is 32.3 Å². The maximum absolute atomic E-state index is 11.1. The van der Waals surface area contributed by atoms with E-state index in [1.54, 1.807) is 19.2 Å². The van der Waals surface area contributed by atoms with Crippen LogP contribution < -0.4 is 11.3 Å². The van der Waals surface area contributed by atoms with Crippen LogP contribution in [-0.2, 0) is 11.3 Å². The Hall–Kier alpha value is -1.70. The molecule has 0 fully saturated rings. The summed E-state index contributed by atoms with van der Waals surface area (Å²) in [6, 6.07) is 5.44. The van der Waals surface area contributed by atoms with Gasteiger partial charge in [-0.25, -0.2) is 0 Å². The van der Waals surface area contributed by atoms with Crippen molar-refractivity contribution in [1.29, 1.82) is 0 Å². The summed E-state index contributed by atoms with van der Waals surface area (Å²) in [4.78, 5) is 12.9. The van der Waals surface area contributed by atoms with Crippen LogP contribution in [0.5, 0.6) is 0 Å². The van der Waals surface area contributed by atoms with Crippen LogP contribution in [0.4, 0.5) is 11.4 Å². The molecule has 118 valence electrons. The molecule has 1 aromatic rings. The normalized spacial score (nSPS) is 12.4. The summed E-state index contributed by atoms with van der Waals surface area (Å²) in [6.07, 6.45) is 1.01. The van der Waals surface area contributed by atoms with E-state index < -0.39 is 4.92 Å². The number of nitrogen functional groups attached to an aromatic ring is 1. The van der Waals surface area contributed by atoms with Gasteiger partial charge in [0.1, 0.15) is 5.69 Å². The molecule has 0 radical (unpaired) electrons. The minimum atomic E-state index is -0.429. The van der Waals surface area contributed by atoms with Gasteiger partial charge in [-0.1, -0.05) is 13.0 Å². The van der Waals surface area contributed by atoms with Crippen molar-refractivity contribution in [3.05, 3.63) is 33.9 Å². The molecular weight excluding hydrogens is 272 g/mol. The molecule has 7 heteroatoms. The number of rotatable bonds is 9. The van der Waals surface area contributed by atoms with E-state index in [0.29, 0.717) is 24.9 Å². The zero-order chi connectivity index (χ0) is 15.8. The Labute approximate surface area is 125 Å². The minimum absolute atomic E-state index is 0.00848. The molecule has 1 unspecified atom stereocenters. The Balaban J connectivity index is 2.92. The first kappa shape index (κ1) is 17.4. The van der Waals surface area contributed by atoms with Crippen molar-refractivity contribution in [2.24, 2.45) is 5.84 Å². The smallest absolute Gasteiger partial charge is 0.293 e. The highest BCUT2D eigenvalue weighted by Crippen LogP contribution is 2.25. The van der Waals surface area contributed by atoms with E-state index in [1.165, 1.54) is 0 Å². The van der Waals surface area contributed by atoms with Crippen LogP contribution in [0.3, 0.4) is 0 Å². The third kappa shape index (κ3) is 4.96. The van der Waals surface area contributed by atoms with Gasteiger partial charge in [0.15, 0.2) is 0 Å². The van der Waals surface area contributed by atoms with Crippen LogP contribution in [-0.4, -0.2) is 36.1 Å². The van der Waals surface area contributed by atoms with Gasteiger partial charge in [-0.3, -0.25) is 20.9 Å². The number of nitrogens with two attached hydrogens (primary N) is 1. The molecule has 3 N–H and O–H groups in total. The molecule has 0 aromatic heterocycles.